The molecule has 3 heteroatoms. The molecule has 0 aromatic rings. The second-order valence-corrected chi connectivity index (χ2v) is 2.92. The van der Waals surface area contributed by atoms with Crippen molar-refractivity contribution in [3.8, 4) is 0 Å². The fourth-order valence-electron chi connectivity index (χ4n) is 1.01. The van der Waals surface area contributed by atoms with Crippen LogP contribution in [0.2, 0.25) is 0 Å². The highest BCUT2D eigenvalue weighted by Crippen LogP contribution is 2.29. The Kier molecular flexibility index (Phi) is 1.72. The maximum Gasteiger partial charge on any atom is 0.313 e. The van der Waals surface area contributed by atoms with Crippen molar-refractivity contribution in [1.29, 1.82) is 0 Å². The molecule has 1 aliphatic carbocycles. The number of carboxylic acid groups (broad SMARTS) is 1. The molecule has 0 heterocycles. The lowest BCUT2D eigenvalue weighted by atomic mass is 9.83. The maximum atomic E-state index is 10.6. The minimum Gasteiger partial charge on any atom is -0.512 e. The number of aliphatic carboxylic acids is 1. The van der Waals surface area contributed by atoms with Crippen LogP contribution in [-0.2, 0) is 4.79 Å². The Morgan fingerprint density at radius 2 is 2.36 bits per heavy atom. The summed E-state index contributed by atoms with van der Waals surface area (Å²) in [4.78, 5) is 10.6. The van der Waals surface area contributed by atoms with Gasteiger partial charge in [0.1, 0.15) is 0 Å². The molecule has 0 bridgehead atoms. The number of carboxylic acids is 1. The smallest absolute Gasteiger partial charge is 0.313 e. The second kappa shape index (κ2) is 2.42. The second-order valence-electron chi connectivity index (χ2n) is 2.92. The maximum absolute atomic E-state index is 10.6. The summed E-state index contributed by atoms with van der Waals surface area (Å²) in [5.41, 5.74) is -0.932. The quantitative estimate of drug-likeness (QED) is 0.601. The molecule has 11 heavy (non-hydrogen) atoms. The monoisotopic (exact) mass is 154 g/mol. The van der Waals surface area contributed by atoms with E-state index in [9.17, 15) is 4.79 Å². The predicted molar refractivity (Wildman–Crippen MR) is 40.2 cm³/mol. The van der Waals surface area contributed by atoms with Crippen LogP contribution in [0.1, 0.15) is 13.3 Å². The van der Waals surface area contributed by atoms with Crippen LogP contribution in [0.25, 0.3) is 0 Å². The van der Waals surface area contributed by atoms with Gasteiger partial charge in [-0.3, -0.25) is 4.79 Å². The summed E-state index contributed by atoms with van der Waals surface area (Å²) < 4.78 is 0. The number of aliphatic hydroxyl groups excluding tert-OH is 1. The van der Waals surface area contributed by atoms with Gasteiger partial charge >= 0.3 is 5.97 Å². The van der Waals surface area contributed by atoms with Gasteiger partial charge in [0.2, 0.25) is 0 Å². The highest BCUT2D eigenvalue weighted by molar-refractivity contribution is 5.77. The topological polar surface area (TPSA) is 57.5 Å². The van der Waals surface area contributed by atoms with Crippen molar-refractivity contribution in [2.75, 3.05) is 0 Å². The lowest BCUT2D eigenvalue weighted by Gasteiger charge is -2.22. The Morgan fingerprint density at radius 3 is 2.73 bits per heavy atom. The van der Waals surface area contributed by atoms with E-state index in [0.29, 0.717) is 0 Å². The van der Waals surface area contributed by atoms with Crippen molar-refractivity contribution in [2.24, 2.45) is 5.41 Å². The Balaban J connectivity index is 2.86. The van der Waals surface area contributed by atoms with Gasteiger partial charge in [0.15, 0.2) is 0 Å². The molecule has 0 saturated carbocycles. The fraction of sp³-hybridized carbons (Fsp3) is 0.375. The molecule has 0 amide bonds. The van der Waals surface area contributed by atoms with Gasteiger partial charge in [-0.05, 0) is 13.0 Å². The molecule has 1 unspecified atom stereocenters. The summed E-state index contributed by atoms with van der Waals surface area (Å²) in [7, 11) is 0. The first kappa shape index (κ1) is 7.85. The zero-order valence-electron chi connectivity index (χ0n) is 6.24. The summed E-state index contributed by atoms with van der Waals surface area (Å²) in [5.74, 6) is -0.786. The predicted octanol–water partition coefficient (Wildman–Crippen LogP) is 1.48. The third-order valence-electron chi connectivity index (χ3n) is 1.79. The molecule has 1 atom stereocenters. The van der Waals surface area contributed by atoms with E-state index < -0.39 is 11.4 Å². The van der Waals surface area contributed by atoms with Crippen LogP contribution in [-0.4, -0.2) is 16.2 Å². The molecular weight excluding hydrogens is 144 g/mol. The highest BCUT2D eigenvalue weighted by atomic mass is 16.4. The van der Waals surface area contributed by atoms with Gasteiger partial charge in [-0.2, -0.15) is 0 Å². The van der Waals surface area contributed by atoms with Gasteiger partial charge in [-0.15, -0.1) is 0 Å². The Hall–Kier alpha value is -1.25. The van der Waals surface area contributed by atoms with E-state index in [1.807, 2.05) is 0 Å². The van der Waals surface area contributed by atoms with Gasteiger partial charge < -0.3 is 10.2 Å². The van der Waals surface area contributed by atoms with Gasteiger partial charge in [0.05, 0.1) is 11.2 Å². The largest absolute Gasteiger partial charge is 0.512 e. The minimum atomic E-state index is -0.932. The molecule has 0 aromatic heterocycles. The summed E-state index contributed by atoms with van der Waals surface area (Å²) in [6.45, 7) is 1.58. The molecule has 3 nitrogen and oxygen atoms in total. The van der Waals surface area contributed by atoms with Gasteiger partial charge in [-0.1, -0.05) is 12.2 Å². The average Bonchev–Trinajstić information content (AvgIpc) is 1.86. The van der Waals surface area contributed by atoms with Crippen LogP contribution in [0.4, 0.5) is 0 Å². The molecular formula is C8H10O3. The molecule has 0 radical (unpaired) electrons. The van der Waals surface area contributed by atoms with Gasteiger partial charge in [-0.25, -0.2) is 0 Å². The molecule has 60 valence electrons. The van der Waals surface area contributed by atoms with E-state index in [1.54, 1.807) is 19.1 Å². The van der Waals surface area contributed by atoms with Gasteiger partial charge in [0, 0.05) is 6.42 Å². The molecule has 0 aliphatic heterocycles. The molecule has 1 aliphatic rings. The van der Waals surface area contributed by atoms with Crippen molar-refractivity contribution >= 4 is 5.97 Å². The van der Waals surface area contributed by atoms with Crippen LogP contribution in [0.15, 0.2) is 24.0 Å². The third-order valence-corrected chi connectivity index (χ3v) is 1.79. The van der Waals surface area contributed by atoms with Crippen LogP contribution in [0.5, 0.6) is 0 Å². The first-order valence-corrected chi connectivity index (χ1v) is 3.35. The van der Waals surface area contributed by atoms with Crippen LogP contribution in [0, 0.1) is 5.41 Å². The van der Waals surface area contributed by atoms with Crippen LogP contribution in [0.3, 0.4) is 0 Å². The lowest BCUT2D eigenvalue weighted by molar-refractivity contribution is -0.145. The highest BCUT2D eigenvalue weighted by Gasteiger charge is 2.32. The number of hydrogen-bond donors (Lipinski definition) is 2. The van der Waals surface area contributed by atoms with Crippen LogP contribution < -0.4 is 0 Å². The first-order valence-electron chi connectivity index (χ1n) is 3.35. The Morgan fingerprint density at radius 1 is 1.73 bits per heavy atom. The normalized spacial score (nSPS) is 29.7. The number of allylic oxidation sites excluding steroid dienone is 3. The fourth-order valence-corrected chi connectivity index (χ4v) is 1.01. The third kappa shape index (κ3) is 1.42. The molecule has 0 saturated heterocycles. The average molecular weight is 154 g/mol. The SMILES string of the molecule is CC1(C(=O)O)C=CC=C(O)C1. The summed E-state index contributed by atoms with van der Waals surface area (Å²) in [5, 5.41) is 17.8. The van der Waals surface area contributed by atoms with E-state index in [4.69, 9.17) is 10.2 Å². The molecule has 0 fully saturated rings. The van der Waals surface area contributed by atoms with Crippen molar-refractivity contribution in [3.63, 3.8) is 0 Å². The molecule has 2 N–H and O–H groups in total. The van der Waals surface area contributed by atoms with E-state index in [2.05, 4.69) is 0 Å². The zero-order valence-corrected chi connectivity index (χ0v) is 6.24. The van der Waals surface area contributed by atoms with E-state index in [-0.39, 0.29) is 12.2 Å². The number of hydrogen-bond acceptors (Lipinski definition) is 2. The van der Waals surface area contributed by atoms with E-state index >= 15 is 0 Å². The summed E-state index contributed by atoms with van der Waals surface area (Å²) in [6.07, 6.45) is 4.82. The van der Waals surface area contributed by atoms with Crippen molar-refractivity contribution in [3.05, 3.63) is 24.0 Å². The molecule has 0 aromatic carbocycles. The Bertz CT molecular complexity index is 240. The number of rotatable bonds is 1. The lowest BCUT2D eigenvalue weighted by Crippen LogP contribution is -2.26. The first-order chi connectivity index (χ1) is 5.04. The van der Waals surface area contributed by atoms with E-state index in [1.165, 1.54) is 6.08 Å². The number of carbonyl (C=O) groups is 1. The van der Waals surface area contributed by atoms with Gasteiger partial charge in [0.25, 0.3) is 0 Å². The Labute approximate surface area is 64.7 Å². The summed E-state index contributed by atoms with van der Waals surface area (Å²) in [6, 6.07) is 0. The van der Waals surface area contributed by atoms with Crippen molar-refractivity contribution < 1.29 is 15.0 Å². The molecule has 0 spiro atoms. The van der Waals surface area contributed by atoms with Crippen molar-refractivity contribution in [2.45, 2.75) is 13.3 Å². The van der Waals surface area contributed by atoms with Crippen molar-refractivity contribution in [1.82, 2.24) is 0 Å². The minimum absolute atomic E-state index is 0.123. The number of aliphatic hydroxyl groups is 1. The standard InChI is InChI=1S/C8H10O3/c1-8(7(10)11)4-2-3-6(9)5-8/h2-4,9H,5H2,1H3,(H,10,11). The molecule has 1 rings (SSSR count). The van der Waals surface area contributed by atoms with Crippen LogP contribution >= 0.6 is 0 Å². The zero-order chi connectivity index (χ0) is 8.48. The summed E-state index contributed by atoms with van der Waals surface area (Å²) >= 11 is 0. The van der Waals surface area contributed by atoms with E-state index in [0.717, 1.165) is 0 Å².